The molecule has 0 saturated carbocycles. The van der Waals surface area contributed by atoms with Crippen molar-refractivity contribution < 1.29 is 14.3 Å². The number of ether oxygens (including phenoxy) is 1. The number of hydrogen-bond donors (Lipinski definition) is 1. The van der Waals surface area contributed by atoms with Gasteiger partial charge in [0.15, 0.2) is 0 Å². The molecule has 0 aromatic heterocycles. The highest BCUT2D eigenvalue weighted by atomic mass is 35.5. The van der Waals surface area contributed by atoms with Crippen LogP contribution in [0, 0.1) is 5.92 Å². The van der Waals surface area contributed by atoms with Crippen molar-refractivity contribution in [2.75, 3.05) is 43.0 Å². The molecule has 2 amide bonds. The molecule has 0 aliphatic carbocycles. The lowest BCUT2D eigenvalue weighted by Crippen LogP contribution is -2.48. The van der Waals surface area contributed by atoms with E-state index in [1.807, 2.05) is 55.1 Å². The van der Waals surface area contributed by atoms with Crippen LogP contribution in [0.5, 0.6) is 5.75 Å². The minimum Gasteiger partial charge on any atom is -0.494 e. The van der Waals surface area contributed by atoms with Crippen molar-refractivity contribution in [3.8, 4) is 5.75 Å². The Kier molecular flexibility index (Phi) is 7.80. The van der Waals surface area contributed by atoms with Crippen molar-refractivity contribution in [3.05, 3.63) is 53.1 Å². The molecule has 0 bridgehead atoms. The van der Waals surface area contributed by atoms with Gasteiger partial charge in [0.05, 0.1) is 17.3 Å². The van der Waals surface area contributed by atoms with Gasteiger partial charge in [0.1, 0.15) is 5.75 Å². The van der Waals surface area contributed by atoms with Gasteiger partial charge >= 0.3 is 0 Å². The fraction of sp³-hybridized carbons (Fsp3) is 0.417. The van der Waals surface area contributed by atoms with E-state index in [2.05, 4.69) is 17.1 Å². The number of carbonyl (C=O) groups excluding carboxylic acids is 2. The normalized spacial score (nSPS) is 14.0. The second-order valence-corrected chi connectivity index (χ2v) is 8.37. The van der Waals surface area contributed by atoms with E-state index in [0.717, 1.165) is 17.9 Å². The largest absolute Gasteiger partial charge is 0.494 e. The number of hydrogen-bond acceptors (Lipinski definition) is 4. The maximum absolute atomic E-state index is 12.8. The van der Waals surface area contributed by atoms with Crippen molar-refractivity contribution in [1.82, 2.24) is 4.90 Å². The van der Waals surface area contributed by atoms with Crippen molar-refractivity contribution in [2.24, 2.45) is 5.92 Å². The van der Waals surface area contributed by atoms with Gasteiger partial charge in [-0.05, 0) is 48.9 Å². The van der Waals surface area contributed by atoms with Gasteiger partial charge < -0.3 is 19.9 Å². The van der Waals surface area contributed by atoms with Crippen LogP contribution in [0.4, 0.5) is 11.4 Å². The fourth-order valence-electron chi connectivity index (χ4n) is 3.37. The molecule has 0 atom stereocenters. The van der Waals surface area contributed by atoms with Crippen molar-refractivity contribution in [2.45, 2.75) is 27.2 Å². The zero-order chi connectivity index (χ0) is 22.4. The summed E-state index contributed by atoms with van der Waals surface area (Å²) in [7, 11) is 0. The molecule has 7 heteroatoms. The molecule has 2 aromatic carbocycles. The minimum atomic E-state index is -0.0934. The second kappa shape index (κ2) is 10.5. The van der Waals surface area contributed by atoms with Crippen LogP contribution in [-0.2, 0) is 4.79 Å². The monoisotopic (exact) mass is 443 g/mol. The molecule has 6 nitrogen and oxygen atoms in total. The van der Waals surface area contributed by atoms with Crippen LogP contribution in [0.25, 0.3) is 0 Å². The summed E-state index contributed by atoms with van der Waals surface area (Å²) in [6, 6.07) is 12.9. The average Bonchev–Trinajstić information content (AvgIpc) is 2.78. The SMILES string of the molecule is CCCOc1ccc(C(=O)N2CCN(c3ccc(NC(=O)C(C)C)cc3Cl)CC2)cc1. The van der Waals surface area contributed by atoms with Gasteiger partial charge in [0, 0.05) is 43.3 Å². The van der Waals surface area contributed by atoms with Crippen LogP contribution in [0.1, 0.15) is 37.6 Å². The van der Waals surface area contributed by atoms with E-state index in [1.54, 1.807) is 6.07 Å². The maximum Gasteiger partial charge on any atom is 0.253 e. The Morgan fingerprint density at radius 3 is 2.32 bits per heavy atom. The zero-order valence-electron chi connectivity index (χ0n) is 18.4. The third-order valence-electron chi connectivity index (χ3n) is 5.22. The van der Waals surface area contributed by atoms with E-state index in [9.17, 15) is 9.59 Å². The van der Waals surface area contributed by atoms with E-state index in [4.69, 9.17) is 16.3 Å². The number of carbonyl (C=O) groups is 2. The molecule has 1 aliphatic rings. The van der Waals surface area contributed by atoms with Crippen LogP contribution in [0.2, 0.25) is 5.02 Å². The van der Waals surface area contributed by atoms with Crippen molar-refractivity contribution in [3.63, 3.8) is 0 Å². The molecule has 3 rings (SSSR count). The molecule has 1 aliphatic heterocycles. The molecule has 0 spiro atoms. The van der Waals surface area contributed by atoms with Gasteiger partial charge in [-0.1, -0.05) is 32.4 Å². The summed E-state index contributed by atoms with van der Waals surface area (Å²) >= 11 is 6.49. The van der Waals surface area contributed by atoms with E-state index >= 15 is 0 Å². The van der Waals surface area contributed by atoms with E-state index in [1.165, 1.54) is 0 Å². The Balaban J connectivity index is 1.57. The first-order valence-corrected chi connectivity index (χ1v) is 11.1. The number of benzene rings is 2. The highest BCUT2D eigenvalue weighted by Crippen LogP contribution is 2.30. The lowest BCUT2D eigenvalue weighted by atomic mass is 10.1. The van der Waals surface area contributed by atoms with Crippen LogP contribution < -0.4 is 15.0 Å². The predicted octanol–water partition coefficient (Wildman–Crippen LogP) is 4.69. The van der Waals surface area contributed by atoms with Crippen LogP contribution in [0.15, 0.2) is 42.5 Å². The molecule has 166 valence electrons. The fourth-order valence-corrected chi connectivity index (χ4v) is 3.67. The van der Waals surface area contributed by atoms with E-state index in [-0.39, 0.29) is 17.7 Å². The number of piperazine rings is 1. The molecule has 1 fully saturated rings. The first kappa shape index (κ1) is 22.9. The highest BCUT2D eigenvalue weighted by Gasteiger charge is 2.23. The first-order chi connectivity index (χ1) is 14.9. The van der Waals surface area contributed by atoms with Gasteiger partial charge in [0.2, 0.25) is 5.91 Å². The number of halogens is 1. The maximum atomic E-state index is 12.8. The molecular formula is C24H30ClN3O3. The number of nitrogens with zero attached hydrogens (tertiary/aromatic N) is 2. The zero-order valence-corrected chi connectivity index (χ0v) is 19.1. The first-order valence-electron chi connectivity index (χ1n) is 10.8. The summed E-state index contributed by atoms with van der Waals surface area (Å²) in [6.07, 6.45) is 0.949. The number of nitrogens with one attached hydrogen (secondary N) is 1. The Morgan fingerprint density at radius 2 is 1.74 bits per heavy atom. The van der Waals surface area contributed by atoms with Crippen molar-refractivity contribution >= 4 is 34.8 Å². The number of amides is 2. The lowest BCUT2D eigenvalue weighted by molar-refractivity contribution is -0.118. The summed E-state index contributed by atoms with van der Waals surface area (Å²) in [5.41, 5.74) is 2.27. The van der Waals surface area contributed by atoms with Crippen molar-refractivity contribution in [1.29, 1.82) is 0 Å². The average molecular weight is 444 g/mol. The summed E-state index contributed by atoms with van der Waals surface area (Å²) in [6.45, 7) is 9.06. The number of rotatable bonds is 7. The number of anilines is 2. The van der Waals surface area contributed by atoms with Gasteiger partial charge in [-0.25, -0.2) is 0 Å². The molecule has 0 unspecified atom stereocenters. The molecule has 1 saturated heterocycles. The third-order valence-corrected chi connectivity index (χ3v) is 5.52. The topological polar surface area (TPSA) is 61.9 Å². The smallest absolute Gasteiger partial charge is 0.253 e. The van der Waals surface area contributed by atoms with E-state index in [0.29, 0.717) is 49.1 Å². The van der Waals surface area contributed by atoms with Crippen LogP contribution in [-0.4, -0.2) is 49.5 Å². The Morgan fingerprint density at radius 1 is 1.06 bits per heavy atom. The van der Waals surface area contributed by atoms with Gasteiger partial charge in [-0.2, -0.15) is 0 Å². The molecule has 31 heavy (non-hydrogen) atoms. The highest BCUT2D eigenvalue weighted by molar-refractivity contribution is 6.33. The van der Waals surface area contributed by atoms with E-state index < -0.39 is 0 Å². The summed E-state index contributed by atoms with van der Waals surface area (Å²) in [5, 5.41) is 3.45. The van der Waals surface area contributed by atoms with Gasteiger partial charge in [-0.3, -0.25) is 9.59 Å². The van der Waals surface area contributed by atoms with Crippen LogP contribution in [0.3, 0.4) is 0 Å². The summed E-state index contributed by atoms with van der Waals surface area (Å²) < 4.78 is 5.58. The predicted molar refractivity (Wildman–Crippen MR) is 125 cm³/mol. The third kappa shape index (κ3) is 5.91. The Labute approximate surface area is 189 Å². The Hall–Kier alpha value is -2.73. The molecular weight excluding hydrogens is 414 g/mol. The van der Waals surface area contributed by atoms with Gasteiger partial charge in [-0.15, -0.1) is 0 Å². The standard InChI is InChI=1S/C24H30ClN3O3/c1-4-15-31-20-8-5-18(6-9-20)24(30)28-13-11-27(12-14-28)22-10-7-19(16-21(22)25)26-23(29)17(2)3/h5-10,16-17H,4,11-15H2,1-3H3,(H,26,29). The summed E-state index contributed by atoms with van der Waals surface area (Å²) in [5.74, 6) is 0.676. The second-order valence-electron chi connectivity index (χ2n) is 7.96. The molecule has 0 radical (unpaired) electrons. The quantitative estimate of drug-likeness (QED) is 0.674. The molecule has 2 aromatic rings. The molecule has 1 N–H and O–H groups in total. The summed E-state index contributed by atoms with van der Waals surface area (Å²) in [4.78, 5) is 28.8. The Bertz CT molecular complexity index is 907. The molecule has 1 heterocycles. The van der Waals surface area contributed by atoms with Gasteiger partial charge in [0.25, 0.3) is 5.91 Å². The minimum absolute atomic E-state index is 0.0273. The van der Waals surface area contributed by atoms with Crippen LogP contribution >= 0.6 is 11.6 Å². The lowest BCUT2D eigenvalue weighted by Gasteiger charge is -2.36.